The largest absolute Gasteiger partial charge is 0.497 e. The maximum absolute atomic E-state index is 10.1. The van der Waals surface area contributed by atoms with E-state index >= 15 is 0 Å². The van der Waals surface area contributed by atoms with Gasteiger partial charge in [0.1, 0.15) is 17.4 Å². The number of benzene rings is 2. The van der Waals surface area contributed by atoms with E-state index in [1.54, 1.807) is 19.6 Å². The van der Waals surface area contributed by atoms with Crippen molar-refractivity contribution in [1.29, 1.82) is 5.26 Å². The maximum atomic E-state index is 10.1. The van der Waals surface area contributed by atoms with Crippen molar-refractivity contribution in [3.8, 4) is 17.5 Å². The molecule has 0 bridgehead atoms. The molecule has 2 aliphatic rings. The lowest BCUT2D eigenvalue weighted by Gasteiger charge is -2.34. The molecule has 7 nitrogen and oxygen atoms in total. The number of nitrogens with zero attached hydrogens (tertiary/aromatic N) is 4. The summed E-state index contributed by atoms with van der Waals surface area (Å²) in [4.78, 5) is 6.25. The summed E-state index contributed by atoms with van der Waals surface area (Å²) >= 11 is 0. The predicted octanol–water partition coefficient (Wildman–Crippen LogP) is 4.71. The number of nitrogens with two attached hydrogens (primary N) is 1. The number of rotatable bonds is 7. The van der Waals surface area contributed by atoms with Crippen LogP contribution in [0.5, 0.6) is 5.75 Å². The van der Waals surface area contributed by atoms with E-state index in [0.717, 1.165) is 46.6 Å². The monoisotopic (exact) mass is 465 g/mol. The van der Waals surface area contributed by atoms with Gasteiger partial charge in [-0.3, -0.25) is 0 Å². The SMILES string of the molecule is C=C(C1=C(N(C)C2CC2)OC(N)=C(C#N)C1c1ccc(-n2ccnc2)cc1)c1ccc(OC)cc1. The third-order valence-corrected chi connectivity index (χ3v) is 6.61. The third kappa shape index (κ3) is 4.15. The number of methoxy groups -OCH3 is 1. The van der Waals surface area contributed by atoms with Gasteiger partial charge in [0.05, 0.1) is 19.4 Å². The van der Waals surface area contributed by atoms with E-state index in [4.69, 9.17) is 15.2 Å². The number of ether oxygens (including phenoxy) is 2. The first kappa shape index (κ1) is 22.4. The minimum atomic E-state index is -0.420. The van der Waals surface area contributed by atoms with Gasteiger partial charge in [-0.25, -0.2) is 4.98 Å². The molecule has 2 aromatic carbocycles. The van der Waals surface area contributed by atoms with Crippen LogP contribution in [0.1, 0.15) is 29.9 Å². The van der Waals surface area contributed by atoms with E-state index < -0.39 is 5.92 Å². The van der Waals surface area contributed by atoms with E-state index in [-0.39, 0.29) is 5.88 Å². The van der Waals surface area contributed by atoms with Crippen molar-refractivity contribution in [3.63, 3.8) is 0 Å². The van der Waals surface area contributed by atoms with E-state index in [0.29, 0.717) is 17.5 Å². The summed E-state index contributed by atoms with van der Waals surface area (Å²) in [5, 5.41) is 10.1. The van der Waals surface area contributed by atoms with Crippen molar-refractivity contribution in [2.24, 2.45) is 5.73 Å². The quantitative estimate of drug-likeness (QED) is 0.544. The Labute approximate surface area is 205 Å². The lowest BCUT2D eigenvalue weighted by Crippen LogP contribution is -2.31. The minimum Gasteiger partial charge on any atom is -0.497 e. The van der Waals surface area contributed by atoms with Crippen LogP contribution >= 0.6 is 0 Å². The van der Waals surface area contributed by atoms with Crippen LogP contribution in [0.2, 0.25) is 0 Å². The van der Waals surface area contributed by atoms with Crippen LogP contribution in [0.3, 0.4) is 0 Å². The van der Waals surface area contributed by atoms with Gasteiger partial charge in [-0.2, -0.15) is 5.26 Å². The summed E-state index contributed by atoms with van der Waals surface area (Å²) in [5.74, 6) is 1.12. The summed E-state index contributed by atoms with van der Waals surface area (Å²) in [6.07, 6.45) is 7.56. The average molecular weight is 466 g/mol. The molecule has 0 spiro atoms. The normalized spacial score (nSPS) is 17.6. The molecule has 2 N–H and O–H groups in total. The molecule has 1 aromatic heterocycles. The number of nitriles is 1. The average Bonchev–Trinajstić information content (AvgIpc) is 3.60. The van der Waals surface area contributed by atoms with Crippen molar-refractivity contribution < 1.29 is 9.47 Å². The second kappa shape index (κ2) is 9.07. The zero-order valence-electron chi connectivity index (χ0n) is 19.8. The van der Waals surface area contributed by atoms with Crippen molar-refractivity contribution in [2.45, 2.75) is 24.8 Å². The van der Waals surface area contributed by atoms with Gasteiger partial charge in [0.15, 0.2) is 0 Å². The molecule has 5 rings (SSSR count). The second-order valence-electron chi connectivity index (χ2n) is 8.75. The van der Waals surface area contributed by atoms with Crippen molar-refractivity contribution in [1.82, 2.24) is 14.5 Å². The minimum absolute atomic E-state index is 0.130. The molecule has 0 saturated heterocycles. The van der Waals surface area contributed by atoms with Gasteiger partial charge in [-0.15, -0.1) is 0 Å². The highest BCUT2D eigenvalue weighted by Gasteiger charge is 2.39. The van der Waals surface area contributed by atoms with Gasteiger partial charge in [0.2, 0.25) is 11.8 Å². The maximum Gasteiger partial charge on any atom is 0.207 e. The standard InChI is InChI=1S/C28H27N5O2/c1-18(19-6-12-23(34-3)13-7-19)25-26(20-4-8-22(9-5-20)33-15-14-31-17-33)24(16-29)27(30)35-28(25)32(2)21-10-11-21/h4-9,12-15,17,21,26H,1,10-11,30H2,2-3H3. The Bertz CT molecular complexity index is 1340. The molecule has 176 valence electrons. The molecule has 7 heteroatoms. The van der Waals surface area contributed by atoms with Gasteiger partial charge in [0.25, 0.3) is 0 Å². The van der Waals surface area contributed by atoms with Crippen LogP contribution in [-0.4, -0.2) is 34.7 Å². The number of hydrogen-bond donors (Lipinski definition) is 1. The summed E-state index contributed by atoms with van der Waals surface area (Å²) < 4.78 is 13.4. The molecule has 1 aliphatic heterocycles. The van der Waals surface area contributed by atoms with Crippen LogP contribution in [0, 0.1) is 11.3 Å². The van der Waals surface area contributed by atoms with Crippen LogP contribution in [0.25, 0.3) is 11.3 Å². The Balaban J connectivity index is 1.64. The summed E-state index contributed by atoms with van der Waals surface area (Å²) in [6.45, 7) is 4.45. The molecule has 0 radical (unpaired) electrons. The highest BCUT2D eigenvalue weighted by molar-refractivity contribution is 5.82. The first-order chi connectivity index (χ1) is 17.0. The van der Waals surface area contributed by atoms with E-state index in [2.05, 4.69) is 22.5 Å². The number of hydrogen-bond acceptors (Lipinski definition) is 6. The van der Waals surface area contributed by atoms with E-state index in [1.165, 1.54) is 0 Å². The van der Waals surface area contributed by atoms with Gasteiger partial charge >= 0.3 is 0 Å². The highest BCUT2D eigenvalue weighted by atomic mass is 16.5. The van der Waals surface area contributed by atoms with Crippen LogP contribution < -0.4 is 10.5 Å². The Morgan fingerprint density at radius 2 is 1.91 bits per heavy atom. The molecule has 3 aromatic rings. The smallest absolute Gasteiger partial charge is 0.207 e. The molecule has 0 amide bonds. The summed E-state index contributed by atoms with van der Waals surface area (Å²) in [7, 11) is 3.65. The third-order valence-electron chi connectivity index (χ3n) is 6.61. The van der Waals surface area contributed by atoms with Crippen LogP contribution in [0.15, 0.2) is 96.7 Å². The number of aromatic nitrogens is 2. The molecule has 1 atom stereocenters. The van der Waals surface area contributed by atoms with E-state index in [9.17, 15) is 5.26 Å². The van der Waals surface area contributed by atoms with Gasteiger partial charge < -0.3 is 24.7 Å². The van der Waals surface area contributed by atoms with Crippen LogP contribution in [-0.2, 0) is 4.74 Å². The lowest BCUT2D eigenvalue weighted by molar-refractivity contribution is 0.163. The highest BCUT2D eigenvalue weighted by Crippen LogP contribution is 2.47. The zero-order chi connectivity index (χ0) is 24.5. The molecule has 2 heterocycles. The van der Waals surface area contributed by atoms with Gasteiger partial charge in [0, 0.05) is 36.7 Å². The first-order valence-corrected chi connectivity index (χ1v) is 11.5. The lowest BCUT2D eigenvalue weighted by atomic mass is 9.79. The Hall–Kier alpha value is -4.44. The fourth-order valence-corrected chi connectivity index (χ4v) is 4.47. The molecule has 1 fully saturated rings. The fraction of sp³-hybridized carbons (Fsp3) is 0.214. The number of allylic oxidation sites excluding steroid dienone is 3. The van der Waals surface area contributed by atoms with Gasteiger partial charge in [-0.05, 0) is 53.8 Å². The Morgan fingerprint density at radius 1 is 1.20 bits per heavy atom. The summed E-state index contributed by atoms with van der Waals surface area (Å²) in [5.41, 5.74) is 11.1. The molecular weight excluding hydrogens is 438 g/mol. The van der Waals surface area contributed by atoms with Crippen molar-refractivity contribution in [2.75, 3.05) is 14.2 Å². The molecule has 35 heavy (non-hydrogen) atoms. The van der Waals surface area contributed by atoms with Gasteiger partial charge in [-0.1, -0.05) is 30.8 Å². The molecule has 1 unspecified atom stereocenters. The molecule has 1 saturated carbocycles. The predicted molar refractivity (Wildman–Crippen MR) is 134 cm³/mol. The fourth-order valence-electron chi connectivity index (χ4n) is 4.47. The van der Waals surface area contributed by atoms with Crippen molar-refractivity contribution >= 4 is 5.57 Å². The summed E-state index contributed by atoms with van der Waals surface area (Å²) in [6, 6.07) is 18.5. The Kier molecular flexibility index (Phi) is 5.79. The second-order valence-corrected chi connectivity index (χ2v) is 8.75. The van der Waals surface area contributed by atoms with Crippen LogP contribution in [0.4, 0.5) is 0 Å². The zero-order valence-corrected chi connectivity index (χ0v) is 19.8. The Morgan fingerprint density at radius 3 is 2.49 bits per heavy atom. The van der Waals surface area contributed by atoms with E-state index in [1.807, 2.05) is 66.3 Å². The first-order valence-electron chi connectivity index (χ1n) is 11.5. The number of imidazole rings is 1. The molecule has 1 aliphatic carbocycles. The molecular formula is C28H27N5O2. The topological polar surface area (TPSA) is 89.3 Å². The van der Waals surface area contributed by atoms with Crippen molar-refractivity contribution in [3.05, 3.63) is 108 Å².